The van der Waals surface area contributed by atoms with Crippen molar-refractivity contribution in [2.45, 2.75) is 64.0 Å². The normalized spacial score (nSPS) is 19.6. The van der Waals surface area contributed by atoms with Crippen LogP contribution >= 0.6 is 0 Å². The van der Waals surface area contributed by atoms with Crippen LogP contribution in [0.3, 0.4) is 0 Å². The number of hydrogen-bond acceptors (Lipinski definition) is 4. The summed E-state index contributed by atoms with van der Waals surface area (Å²) in [7, 11) is 1.41. The van der Waals surface area contributed by atoms with Gasteiger partial charge in [-0.1, -0.05) is 13.0 Å². The maximum absolute atomic E-state index is 13.9. The van der Waals surface area contributed by atoms with Crippen LogP contribution in [0.1, 0.15) is 62.0 Å². The third-order valence-corrected chi connectivity index (χ3v) is 7.49. The highest BCUT2D eigenvalue weighted by Gasteiger charge is 2.33. The van der Waals surface area contributed by atoms with Crippen LogP contribution in [0.5, 0.6) is 0 Å². The van der Waals surface area contributed by atoms with Crippen molar-refractivity contribution in [3.05, 3.63) is 58.9 Å². The van der Waals surface area contributed by atoms with Gasteiger partial charge in [0.05, 0.1) is 23.8 Å². The minimum absolute atomic E-state index is 0.00276. The number of ether oxygens (including phenoxy) is 1. The van der Waals surface area contributed by atoms with Gasteiger partial charge in [-0.25, -0.2) is 18.6 Å². The molecular formula is C27H32F2N4O2. The van der Waals surface area contributed by atoms with E-state index in [9.17, 15) is 13.6 Å². The Bertz CT molecular complexity index is 1250. The minimum atomic E-state index is -0.834. The van der Waals surface area contributed by atoms with Crippen molar-refractivity contribution in [3.8, 4) is 0 Å². The summed E-state index contributed by atoms with van der Waals surface area (Å²) in [5.74, 6) is -0.711. The van der Waals surface area contributed by atoms with Crippen LogP contribution in [0.4, 0.5) is 19.3 Å². The van der Waals surface area contributed by atoms with Gasteiger partial charge in [-0.05, 0) is 81.9 Å². The van der Waals surface area contributed by atoms with Gasteiger partial charge >= 0.3 is 6.09 Å². The van der Waals surface area contributed by atoms with Crippen molar-refractivity contribution < 1.29 is 18.3 Å². The third kappa shape index (κ3) is 4.29. The van der Waals surface area contributed by atoms with E-state index in [2.05, 4.69) is 22.9 Å². The van der Waals surface area contributed by atoms with Crippen molar-refractivity contribution in [1.29, 1.82) is 0 Å². The number of hydrogen-bond donors (Lipinski definition) is 1. The SMILES string of the molecule is COC(=O)N1c2ccc3c(nc([C@@H](C)Cc4ccc(F)c(F)c4)n3C3CCNCC3)c2CC[C@@H]1C. The number of aromatic nitrogens is 2. The number of nitrogens with zero attached hydrogens (tertiary/aromatic N) is 3. The molecule has 186 valence electrons. The fourth-order valence-electron chi connectivity index (χ4n) is 5.70. The Labute approximate surface area is 204 Å². The summed E-state index contributed by atoms with van der Waals surface area (Å²) >= 11 is 0. The first kappa shape index (κ1) is 23.7. The number of piperidine rings is 1. The van der Waals surface area contributed by atoms with Crippen molar-refractivity contribution >= 4 is 22.8 Å². The summed E-state index contributed by atoms with van der Waals surface area (Å²) in [6, 6.07) is 8.56. The van der Waals surface area contributed by atoms with Crippen molar-refractivity contribution in [2.75, 3.05) is 25.1 Å². The molecule has 0 radical (unpaired) electrons. The van der Waals surface area contributed by atoms with E-state index in [1.54, 1.807) is 11.0 Å². The quantitative estimate of drug-likeness (QED) is 0.534. The van der Waals surface area contributed by atoms with Gasteiger partial charge in [0.15, 0.2) is 11.6 Å². The van der Waals surface area contributed by atoms with Gasteiger partial charge in [0.25, 0.3) is 0 Å². The number of aryl methyl sites for hydroxylation is 1. The van der Waals surface area contributed by atoms with Gasteiger partial charge in [0, 0.05) is 23.6 Å². The number of fused-ring (bicyclic) bond motifs is 3. The molecule has 0 saturated carbocycles. The minimum Gasteiger partial charge on any atom is -0.452 e. The van der Waals surface area contributed by atoms with Crippen molar-refractivity contribution in [2.24, 2.45) is 0 Å². The van der Waals surface area contributed by atoms with Crippen LogP contribution in [0.2, 0.25) is 0 Å². The van der Waals surface area contributed by atoms with E-state index in [0.29, 0.717) is 12.5 Å². The summed E-state index contributed by atoms with van der Waals surface area (Å²) < 4.78 is 34.8. The Morgan fingerprint density at radius 3 is 2.66 bits per heavy atom. The summed E-state index contributed by atoms with van der Waals surface area (Å²) in [5, 5.41) is 3.44. The first-order chi connectivity index (χ1) is 16.9. The lowest BCUT2D eigenvalue weighted by Crippen LogP contribution is -2.42. The highest BCUT2D eigenvalue weighted by molar-refractivity contribution is 5.95. The molecule has 6 nitrogen and oxygen atoms in total. The Morgan fingerprint density at radius 2 is 1.94 bits per heavy atom. The zero-order valence-corrected chi connectivity index (χ0v) is 20.5. The molecule has 8 heteroatoms. The maximum atomic E-state index is 13.9. The molecule has 2 atom stereocenters. The number of nitrogens with one attached hydrogen (secondary N) is 1. The smallest absolute Gasteiger partial charge is 0.414 e. The molecular weight excluding hydrogens is 450 g/mol. The summed E-state index contributed by atoms with van der Waals surface area (Å²) in [6.45, 7) is 6.02. The largest absolute Gasteiger partial charge is 0.452 e. The van der Waals surface area contributed by atoms with E-state index in [4.69, 9.17) is 9.72 Å². The molecule has 3 heterocycles. The molecule has 2 aromatic carbocycles. The molecule has 0 aliphatic carbocycles. The second kappa shape index (κ2) is 9.57. The molecule has 1 saturated heterocycles. The Balaban J connectivity index is 1.62. The molecule has 1 N–H and O–H groups in total. The Hall–Kier alpha value is -3.00. The zero-order chi connectivity index (χ0) is 24.7. The lowest BCUT2D eigenvalue weighted by Gasteiger charge is -2.34. The van der Waals surface area contributed by atoms with E-state index < -0.39 is 11.6 Å². The lowest BCUT2D eigenvalue weighted by molar-refractivity contribution is 0.175. The van der Waals surface area contributed by atoms with E-state index in [1.165, 1.54) is 19.2 Å². The van der Waals surface area contributed by atoms with Crippen molar-refractivity contribution in [3.63, 3.8) is 0 Å². The van der Waals surface area contributed by atoms with Gasteiger partial charge in [0.2, 0.25) is 0 Å². The molecule has 0 bridgehead atoms. The molecule has 5 rings (SSSR count). The molecule has 3 aromatic rings. The van der Waals surface area contributed by atoms with E-state index in [1.807, 2.05) is 13.0 Å². The Morgan fingerprint density at radius 1 is 1.17 bits per heavy atom. The fourth-order valence-corrected chi connectivity index (χ4v) is 5.70. The summed E-state index contributed by atoms with van der Waals surface area (Å²) in [6.07, 6.45) is 3.86. The molecule has 2 aliphatic rings. The average molecular weight is 483 g/mol. The first-order valence-corrected chi connectivity index (χ1v) is 12.4. The number of imidazole rings is 1. The molecule has 35 heavy (non-hydrogen) atoms. The zero-order valence-electron chi connectivity index (χ0n) is 20.5. The number of benzene rings is 2. The molecule has 0 unspecified atom stereocenters. The third-order valence-electron chi connectivity index (χ3n) is 7.49. The highest BCUT2D eigenvalue weighted by Crippen LogP contribution is 2.39. The Kier molecular flexibility index (Phi) is 6.49. The van der Waals surface area contributed by atoms with Gasteiger partial charge in [0.1, 0.15) is 5.82 Å². The van der Waals surface area contributed by atoms with E-state index >= 15 is 0 Å². The van der Waals surface area contributed by atoms with Crippen LogP contribution in [-0.2, 0) is 17.6 Å². The monoisotopic (exact) mass is 482 g/mol. The van der Waals surface area contributed by atoms with Gasteiger partial charge in [-0.2, -0.15) is 0 Å². The van der Waals surface area contributed by atoms with E-state index in [-0.39, 0.29) is 18.1 Å². The summed E-state index contributed by atoms with van der Waals surface area (Å²) in [4.78, 5) is 19.5. The molecule has 1 fully saturated rings. The summed E-state index contributed by atoms with van der Waals surface area (Å²) in [5.41, 5.74) is 4.67. The van der Waals surface area contributed by atoms with E-state index in [0.717, 1.165) is 72.4 Å². The molecule has 0 spiro atoms. The predicted molar refractivity (Wildman–Crippen MR) is 132 cm³/mol. The number of methoxy groups -OCH3 is 1. The lowest BCUT2D eigenvalue weighted by atomic mass is 9.95. The number of halogens is 2. The first-order valence-electron chi connectivity index (χ1n) is 12.4. The van der Waals surface area contributed by atoms with Crippen LogP contribution in [0, 0.1) is 11.6 Å². The standard InChI is InChI=1S/C27H32F2N4O2/c1-16(14-18-5-7-21(28)22(29)15-18)26-31-25-20-6-4-17(2)32(27(34)35-3)23(20)8-9-24(25)33(26)19-10-12-30-13-11-19/h5,7-9,15-17,19,30H,4,6,10-14H2,1-3H3/t16-,17-/m0/s1. The van der Waals surface area contributed by atoms with Crippen LogP contribution in [0.15, 0.2) is 30.3 Å². The average Bonchev–Trinajstić information content (AvgIpc) is 3.26. The van der Waals surface area contributed by atoms with Crippen LogP contribution in [-0.4, -0.2) is 41.9 Å². The topological polar surface area (TPSA) is 59.4 Å². The molecule has 1 aromatic heterocycles. The maximum Gasteiger partial charge on any atom is 0.414 e. The van der Waals surface area contributed by atoms with Crippen LogP contribution < -0.4 is 10.2 Å². The van der Waals surface area contributed by atoms with Crippen molar-refractivity contribution in [1.82, 2.24) is 14.9 Å². The van der Waals surface area contributed by atoms with Gasteiger partial charge < -0.3 is 14.6 Å². The number of amides is 1. The second-order valence-corrected chi connectivity index (χ2v) is 9.83. The molecule has 1 amide bonds. The van der Waals surface area contributed by atoms with Crippen LogP contribution in [0.25, 0.3) is 11.0 Å². The molecule has 2 aliphatic heterocycles. The number of carbonyl (C=O) groups is 1. The van der Waals surface area contributed by atoms with Gasteiger partial charge in [-0.15, -0.1) is 0 Å². The number of anilines is 1. The number of rotatable bonds is 4. The van der Waals surface area contributed by atoms with Gasteiger partial charge in [-0.3, -0.25) is 4.90 Å². The number of carbonyl (C=O) groups excluding carboxylic acids is 1. The second-order valence-electron chi connectivity index (χ2n) is 9.83. The highest BCUT2D eigenvalue weighted by atomic mass is 19.2. The fraction of sp³-hybridized carbons (Fsp3) is 0.481. The predicted octanol–water partition coefficient (Wildman–Crippen LogP) is 5.49.